The largest absolute Gasteiger partial charge is 0.339 e. The summed E-state index contributed by atoms with van der Waals surface area (Å²) in [5.74, 6) is 0.337. The van der Waals surface area contributed by atoms with Crippen molar-refractivity contribution in [1.29, 1.82) is 0 Å². The van der Waals surface area contributed by atoms with Crippen molar-refractivity contribution >= 4 is 11.8 Å². The fourth-order valence-corrected chi connectivity index (χ4v) is 4.09. The van der Waals surface area contributed by atoms with E-state index in [1.807, 2.05) is 41.1 Å². The van der Waals surface area contributed by atoms with Gasteiger partial charge in [0.05, 0.1) is 0 Å². The van der Waals surface area contributed by atoms with Gasteiger partial charge in [0.15, 0.2) is 0 Å². The van der Waals surface area contributed by atoms with Crippen molar-refractivity contribution in [1.82, 2.24) is 9.80 Å². The smallest absolute Gasteiger partial charge is 0.253 e. The summed E-state index contributed by atoms with van der Waals surface area (Å²) in [5.41, 5.74) is 1.79. The lowest BCUT2D eigenvalue weighted by Crippen LogP contribution is -2.37. The molecule has 1 aliphatic carbocycles. The molecule has 1 aromatic carbocycles. The Kier molecular flexibility index (Phi) is 6.11. The van der Waals surface area contributed by atoms with Gasteiger partial charge in [0.2, 0.25) is 5.91 Å². The SMILES string of the molecule is CN(C(=O)c1cccc(CN2CCCC2=O)c1)C1CCCCCCC1. The molecular formula is C21H30N2O2. The third-order valence-electron chi connectivity index (χ3n) is 5.66. The van der Waals surface area contributed by atoms with Crippen molar-refractivity contribution in [3.8, 4) is 0 Å². The molecule has 1 aliphatic heterocycles. The van der Waals surface area contributed by atoms with E-state index in [-0.39, 0.29) is 11.8 Å². The van der Waals surface area contributed by atoms with Gasteiger partial charge in [0.1, 0.15) is 0 Å². The third kappa shape index (κ3) is 4.62. The normalized spacial score (nSPS) is 19.6. The molecule has 1 heterocycles. The minimum absolute atomic E-state index is 0.111. The van der Waals surface area contributed by atoms with Crippen LogP contribution in [0.3, 0.4) is 0 Å². The monoisotopic (exact) mass is 342 g/mol. The molecular weight excluding hydrogens is 312 g/mol. The van der Waals surface area contributed by atoms with Crippen LogP contribution in [0, 0.1) is 0 Å². The van der Waals surface area contributed by atoms with Crippen molar-refractivity contribution in [3.63, 3.8) is 0 Å². The van der Waals surface area contributed by atoms with E-state index < -0.39 is 0 Å². The molecule has 136 valence electrons. The molecule has 0 bridgehead atoms. The zero-order valence-electron chi connectivity index (χ0n) is 15.4. The highest BCUT2D eigenvalue weighted by molar-refractivity contribution is 5.94. The summed E-state index contributed by atoms with van der Waals surface area (Å²) in [6, 6.07) is 8.18. The van der Waals surface area contributed by atoms with E-state index in [9.17, 15) is 9.59 Å². The van der Waals surface area contributed by atoms with Gasteiger partial charge in [0, 0.05) is 38.2 Å². The Bertz CT molecular complexity index is 606. The van der Waals surface area contributed by atoms with Crippen molar-refractivity contribution in [2.45, 2.75) is 70.4 Å². The maximum atomic E-state index is 12.9. The molecule has 2 aliphatic rings. The molecule has 3 rings (SSSR count). The Hall–Kier alpha value is -1.84. The molecule has 1 saturated carbocycles. The lowest BCUT2D eigenvalue weighted by molar-refractivity contribution is -0.128. The Balaban J connectivity index is 1.66. The number of hydrogen-bond donors (Lipinski definition) is 0. The first-order chi connectivity index (χ1) is 12.1. The van der Waals surface area contributed by atoms with Crippen LogP contribution in [0.4, 0.5) is 0 Å². The van der Waals surface area contributed by atoms with Gasteiger partial charge in [0.25, 0.3) is 5.91 Å². The van der Waals surface area contributed by atoms with Gasteiger partial charge in [-0.25, -0.2) is 0 Å². The summed E-state index contributed by atoms with van der Waals surface area (Å²) in [5, 5.41) is 0. The van der Waals surface area contributed by atoms with Crippen LogP contribution in [0.15, 0.2) is 24.3 Å². The zero-order valence-corrected chi connectivity index (χ0v) is 15.4. The number of nitrogens with zero attached hydrogens (tertiary/aromatic N) is 2. The number of carbonyl (C=O) groups excluding carboxylic acids is 2. The van der Waals surface area contributed by atoms with Crippen LogP contribution >= 0.6 is 0 Å². The first kappa shape index (κ1) is 18.0. The van der Waals surface area contributed by atoms with E-state index in [1.54, 1.807) is 0 Å². The van der Waals surface area contributed by atoms with Crippen LogP contribution in [0.25, 0.3) is 0 Å². The lowest BCUT2D eigenvalue weighted by Gasteiger charge is -2.30. The molecule has 0 spiro atoms. The van der Waals surface area contributed by atoms with Crippen LogP contribution < -0.4 is 0 Å². The fraction of sp³-hybridized carbons (Fsp3) is 0.619. The van der Waals surface area contributed by atoms with Gasteiger partial charge in [-0.3, -0.25) is 9.59 Å². The molecule has 25 heavy (non-hydrogen) atoms. The molecule has 0 unspecified atom stereocenters. The fourth-order valence-electron chi connectivity index (χ4n) is 4.09. The highest BCUT2D eigenvalue weighted by atomic mass is 16.2. The summed E-state index contributed by atoms with van der Waals surface area (Å²) in [7, 11) is 1.95. The van der Waals surface area contributed by atoms with Gasteiger partial charge < -0.3 is 9.80 Å². The van der Waals surface area contributed by atoms with Gasteiger partial charge in [-0.1, -0.05) is 44.2 Å². The molecule has 0 radical (unpaired) electrons. The quantitative estimate of drug-likeness (QED) is 0.830. The molecule has 0 N–H and O–H groups in total. The van der Waals surface area contributed by atoms with E-state index in [2.05, 4.69) is 0 Å². The number of likely N-dealkylation sites (tertiary alicyclic amines) is 1. The second kappa shape index (κ2) is 8.50. The van der Waals surface area contributed by atoms with Crippen molar-refractivity contribution < 1.29 is 9.59 Å². The number of amides is 2. The Labute approximate surface area is 151 Å². The van der Waals surface area contributed by atoms with Crippen molar-refractivity contribution in [2.75, 3.05) is 13.6 Å². The number of carbonyl (C=O) groups is 2. The third-order valence-corrected chi connectivity index (χ3v) is 5.66. The molecule has 4 heteroatoms. The maximum absolute atomic E-state index is 12.9. The summed E-state index contributed by atoms with van der Waals surface area (Å²) >= 11 is 0. The van der Waals surface area contributed by atoms with Crippen LogP contribution in [-0.2, 0) is 11.3 Å². The highest BCUT2D eigenvalue weighted by Crippen LogP contribution is 2.22. The van der Waals surface area contributed by atoms with Crippen LogP contribution in [0.1, 0.15) is 73.7 Å². The Morgan fingerprint density at radius 2 is 1.84 bits per heavy atom. The van der Waals surface area contributed by atoms with E-state index in [0.29, 0.717) is 19.0 Å². The summed E-state index contributed by atoms with van der Waals surface area (Å²) in [4.78, 5) is 28.6. The highest BCUT2D eigenvalue weighted by Gasteiger charge is 2.23. The molecule has 4 nitrogen and oxygen atoms in total. The van der Waals surface area contributed by atoms with Gasteiger partial charge in [-0.2, -0.15) is 0 Å². The summed E-state index contributed by atoms with van der Waals surface area (Å²) < 4.78 is 0. The van der Waals surface area contributed by atoms with E-state index in [0.717, 1.165) is 36.9 Å². The second-order valence-electron chi connectivity index (χ2n) is 7.53. The van der Waals surface area contributed by atoms with Gasteiger partial charge in [-0.15, -0.1) is 0 Å². The average Bonchev–Trinajstić information content (AvgIpc) is 2.98. The van der Waals surface area contributed by atoms with Crippen LogP contribution in [-0.4, -0.2) is 41.2 Å². The average molecular weight is 342 g/mol. The Morgan fingerprint density at radius 3 is 2.52 bits per heavy atom. The van der Waals surface area contributed by atoms with E-state index in [1.165, 1.54) is 32.1 Å². The van der Waals surface area contributed by atoms with Crippen LogP contribution in [0.5, 0.6) is 0 Å². The molecule has 1 aromatic rings. The topological polar surface area (TPSA) is 40.6 Å². The molecule has 0 aromatic heterocycles. The number of rotatable bonds is 4. The second-order valence-corrected chi connectivity index (χ2v) is 7.53. The molecule has 2 amide bonds. The lowest BCUT2D eigenvalue weighted by atomic mass is 9.95. The number of hydrogen-bond acceptors (Lipinski definition) is 2. The summed E-state index contributed by atoms with van der Waals surface area (Å²) in [6.45, 7) is 1.45. The summed E-state index contributed by atoms with van der Waals surface area (Å²) in [6.07, 6.45) is 10.2. The van der Waals surface area contributed by atoms with Crippen molar-refractivity contribution in [2.24, 2.45) is 0 Å². The van der Waals surface area contributed by atoms with Crippen LogP contribution in [0.2, 0.25) is 0 Å². The van der Waals surface area contributed by atoms with E-state index in [4.69, 9.17) is 0 Å². The van der Waals surface area contributed by atoms with E-state index >= 15 is 0 Å². The predicted octanol–water partition coefficient (Wildman–Crippen LogP) is 3.99. The molecule has 0 atom stereocenters. The zero-order chi connectivity index (χ0) is 17.6. The predicted molar refractivity (Wildman–Crippen MR) is 99.3 cm³/mol. The minimum Gasteiger partial charge on any atom is -0.339 e. The molecule has 1 saturated heterocycles. The maximum Gasteiger partial charge on any atom is 0.253 e. The van der Waals surface area contributed by atoms with Crippen molar-refractivity contribution in [3.05, 3.63) is 35.4 Å². The first-order valence-corrected chi connectivity index (χ1v) is 9.79. The standard InChI is InChI=1S/C21H30N2O2/c1-22(19-11-5-3-2-4-6-12-19)21(25)18-10-7-9-17(15-18)16-23-14-8-13-20(23)24/h7,9-10,15,19H,2-6,8,11-14,16H2,1H3. The molecule has 2 fully saturated rings. The number of benzene rings is 1. The first-order valence-electron chi connectivity index (χ1n) is 9.79. The van der Waals surface area contributed by atoms with Gasteiger partial charge in [-0.05, 0) is 37.0 Å². The minimum atomic E-state index is 0.111. The Morgan fingerprint density at radius 1 is 1.12 bits per heavy atom. The van der Waals surface area contributed by atoms with Gasteiger partial charge >= 0.3 is 0 Å².